The molecular formula is C19H17FN4O. The Morgan fingerprint density at radius 1 is 1.08 bits per heavy atom. The molecular weight excluding hydrogens is 319 g/mol. The molecule has 0 unspecified atom stereocenters. The number of pyridine rings is 1. The molecule has 0 bridgehead atoms. The van der Waals surface area contributed by atoms with Crippen molar-refractivity contribution in [3.05, 3.63) is 59.8 Å². The molecule has 5 nitrogen and oxygen atoms in total. The van der Waals surface area contributed by atoms with E-state index in [-0.39, 0.29) is 18.3 Å². The summed E-state index contributed by atoms with van der Waals surface area (Å²) in [6, 6.07) is 10.2. The summed E-state index contributed by atoms with van der Waals surface area (Å²) >= 11 is 0. The van der Waals surface area contributed by atoms with Crippen LogP contribution in [-0.2, 0) is 17.9 Å². The van der Waals surface area contributed by atoms with Crippen LogP contribution < -0.4 is 0 Å². The van der Waals surface area contributed by atoms with Gasteiger partial charge in [0.2, 0.25) is 5.91 Å². The van der Waals surface area contributed by atoms with E-state index < -0.39 is 0 Å². The minimum absolute atomic E-state index is 0.0260. The van der Waals surface area contributed by atoms with Gasteiger partial charge in [-0.05, 0) is 48.9 Å². The molecule has 0 fully saturated rings. The number of carbonyl (C=O) groups excluding carboxylic acids is 1. The Hall–Kier alpha value is -3.02. The topological polar surface area (TPSA) is 51.0 Å². The molecule has 1 aliphatic heterocycles. The van der Waals surface area contributed by atoms with Gasteiger partial charge in [-0.25, -0.2) is 4.39 Å². The van der Waals surface area contributed by atoms with Crippen LogP contribution in [0.2, 0.25) is 0 Å². The highest BCUT2D eigenvalue weighted by atomic mass is 19.1. The van der Waals surface area contributed by atoms with E-state index in [4.69, 9.17) is 0 Å². The molecule has 25 heavy (non-hydrogen) atoms. The second-order valence-electron chi connectivity index (χ2n) is 6.27. The van der Waals surface area contributed by atoms with E-state index in [1.807, 2.05) is 19.1 Å². The maximum atomic E-state index is 13.3. The van der Waals surface area contributed by atoms with Gasteiger partial charge in [-0.3, -0.25) is 14.5 Å². The Balaban J connectivity index is 1.96. The summed E-state index contributed by atoms with van der Waals surface area (Å²) < 4.78 is 15.1. The maximum Gasteiger partial charge on any atom is 0.244 e. The second kappa shape index (κ2) is 5.81. The Morgan fingerprint density at radius 3 is 2.56 bits per heavy atom. The zero-order valence-electron chi connectivity index (χ0n) is 14.0. The van der Waals surface area contributed by atoms with Gasteiger partial charge in [0.15, 0.2) is 0 Å². The van der Waals surface area contributed by atoms with Gasteiger partial charge in [-0.2, -0.15) is 5.10 Å². The minimum Gasteiger partial charge on any atom is -0.338 e. The normalized spacial score (nSPS) is 13.9. The number of rotatable bonds is 2. The Morgan fingerprint density at radius 2 is 1.84 bits per heavy atom. The van der Waals surface area contributed by atoms with Crippen molar-refractivity contribution < 1.29 is 9.18 Å². The molecule has 0 spiro atoms. The predicted molar refractivity (Wildman–Crippen MR) is 92.1 cm³/mol. The molecule has 2 aromatic heterocycles. The third-order valence-corrected chi connectivity index (χ3v) is 4.46. The summed E-state index contributed by atoms with van der Waals surface area (Å²) in [5.74, 6) is -0.262. The fourth-order valence-electron chi connectivity index (χ4n) is 3.16. The number of benzene rings is 1. The van der Waals surface area contributed by atoms with E-state index in [0.717, 1.165) is 33.8 Å². The van der Waals surface area contributed by atoms with Crippen LogP contribution in [0.25, 0.3) is 22.4 Å². The number of nitrogens with zero attached hydrogens (tertiary/aromatic N) is 4. The number of likely N-dealkylation sites (N-methyl/N-ethyl adjacent to an activating group) is 1. The Kier molecular flexibility index (Phi) is 3.60. The average Bonchev–Trinajstić information content (AvgIpc) is 2.94. The second-order valence-corrected chi connectivity index (χ2v) is 6.27. The number of aryl methyl sites for hydroxylation is 1. The lowest BCUT2D eigenvalue weighted by Crippen LogP contribution is -2.36. The van der Waals surface area contributed by atoms with Crippen molar-refractivity contribution in [1.29, 1.82) is 0 Å². The van der Waals surface area contributed by atoms with E-state index in [1.54, 1.807) is 35.0 Å². The molecule has 6 heteroatoms. The minimum atomic E-state index is -0.288. The van der Waals surface area contributed by atoms with Crippen LogP contribution in [0.3, 0.4) is 0 Å². The monoisotopic (exact) mass is 336 g/mol. The van der Waals surface area contributed by atoms with Gasteiger partial charge in [-0.15, -0.1) is 0 Å². The molecule has 1 aromatic carbocycles. The van der Waals surface area contributed by atoms with Crippen LogP contribution in [0.1, 0.15) is 11.4 Å². The lowest BCUT2D eigenvalue weighted by Gasteiger charge is -2.24. The Labute approximate surface area is 144 Å². The van der Waals surface area contributed by atoms with Gasteiger partial charge in [0.25, 0.3) is 0 Å². The first-order chi connectivity index (χ1) is 12.0. The fraction of sp³-hybridized carbons (Fsp3) is 0.211. The number of fused-ring (bicyclic) bond motifs is 1. The summed E-state index contributed by atoms with van der Waals surface area (Å²) in [5.41, 5.74) is 5.42. The van der Waals surface area contributed by atoms with Crippen molar-refractivity contribution in [2.24, 2.45) is 0 Å². The van der Waals surface area contributed by atoms with E-state index in [0.29, 0.717) is 6.54 Å². The van der Waals surface area contributed by atoms with Crippen LogP contribution in [0, 0.1) is 12.7 Å². The summed E-state index contributed by atoms with van der Waals surface area (Å²) in [7, 11) is 1.79. The van der Waals surface area contributed by atoms with E-state index in [2.05, 4.69) is 10.1 Å². The Bertz CT molecular complexity index is 962. The molecule has 0 aliphatic carbocycles. The molecule has 1 amide bonds. The van der Waals surface area contributed by atoms with Gasteiger partial charge < -0.3 is 4.90 Å². The van der Waals surface area contributed by atoms with Crippen molar-refractivity contribution in [2.45, 2.75) is 20.0 Å². The van der Waals surface area contributed by atoms with Gasteiger partial charge in [0, 0.05) is 30.1 Å². The summed E-state index contributed by atoms with van der Waals surface area (Å²) in [6.45, 7) is 2.64. The van der Waals surface area contributed by atoms with Gasteiger partial charge in [0.1, 0.15) is 18.1 Å². The largest absolute Gasteiger partial charge is 0.338 e. The third-order valence-electron chi connectivity index (χ3n) is 4.46. The number of halogens is 1. The van der Waals surface area contributed by atoms with E-state index >= 15 is 0 Å². The summed E-state index contributed by atoms with van der Waals surface area (Å²) in [6.07, 6.45) is 1.76. The van der Waals surface area contributed by atoms with Crippen molar-refractivity contribution in [3.8, 4) is 22.4 Å². The first kappa shape index (κ1) is 15.5. The van der Waals surface area contributed by atoms with Gasteiger partial charge >= 0.3 is 0 Å². The fourth-order valence-corrected chi connectivity index (χ4v) is 3.16. The third kappa shape index (κ3) is 2.69. The lowest BCUT2D eigenvalue weighted by molar-refractivity contribution is -0.132. The summed E-state index contributed by atoms with van der Waals surface area (Å²) in [5, 5.41) is 4.67. The number of amides is 1. The zero-order chi connectivity index (χ0) is 17.6. The smallest absolute Gasteiger partial charge is 0.244 e. The zero-order valence-corrected chi connectivity index (χ0v) is 14.0. The highest BCUT2D eigenvalue weighted by Gasteiger charge is 2.28. The summed E-state index contributed by atoms with van der Waals surface area (Å²) in [4.78, 5) is 18.0. The molecule has 3 aromatic rings. The van der Waals surface area contributed by atoms with Crippen molar-refractivity contribution in [1.82, 2.24) is 19.7 Å². The molecule has 0 radical (unpaired) electrons. The predicted octanol–water partition coefficient (Wildman–Crippen LogP) is 3.03. The molecule has 4 rings (SSSR count). The molecule has 3 heterocycles. The van der Waals surface area contributed by atoms with Crippen LogP contribution in [0.5, 0.6) is 0 Å². The number of carbonyl (C=O) groups is 1. The van der Waals surface area contributed by atoms with Gasteiger partial charge in [-0.1, -0.05) is 0 Å². The molecule has 0 saturated heterocycles. The first-order valence-electron chi connectivity index (χ1n) is 8.05. The van der Waals surface area contributed by atoms with Crippen LogP contribution in [0.4, 0.5) is 4.39 Å². The number of aromatic nitrogens is 3. The average molecular weight is 336 g/mol. The van der Waals surface area contributed by atoms with Gasteiger partial charge in [0.05, 0.1) is 12.2 Å². The maximum absolute atomic E-state index is 13.3. The van der Waals surface area contributed by atoms with Crippen LogP contribution in [0.15, 0.2) is 42.6 Å². The standard InChI is InChI=1S/C19H17FN4O/c1-12-9-14(7-8-21-12)18-16-10-23(2)17(25)11-24(16)22-19(18)13-3-5-15(20)6-4-13/h3-9H,10-11H2,1-2H3. The molecule has 0 atom stereocenters. The lowest BCUT2D eigenvalue weighted by atomic mass is 9.98. The van der Waals surface area contributed by atoms with Crippen LogP contribution >= 0.6 is 0 Å². The molecule has 0 saturated carbocycles. The number of hydrogen-bond acceptors (Lipinski definition) is 3. The van der Waals surface area contributed by atoms with E-state index in [1.165, 1.54) is 12.1 Å². The quantitative estimate of drug-likeness (QED) is 0.723. The number of hydrogen-bond donors (Lipinski definition) is 0. The molecule has 0 N–H and O–H groups in total. The van der Waals surface area contributed by atoms with Crippen molar-refractivity contribution in [3.63, 3.8) is 0 Å². The molecule has 1 aliphatic rings. The highest BCUT2D eigenvalue weighted by molar-refractivity contribution is 5.85. The highest BCUT2D eigenvalue weighted by Crippen LogP contribution is 2.36. The molecule has 126 valence electrons. The van der Waals surface area contributed by atoms with Crippen LogP contribution in [-0.4, -0.2) is 32.6 Å². The first-order valence-corrected chi connectivity index (χ1v) is 8.05. The van der Waals surface area contributed by atoms with E-state index in [9.17, 15) is 9.18 Å². The van der Waals surface area contributed by atoms with Crippen molar-refractivity contribution in [2.75, 3.05) is 7.05 Å². The SMILES string of the molecule is Cc1cc(-c2c(-c3ccc(F)cc3)nn3c2CN(C)C(=O)C3)ccn1. The van der Waals surface area contributed by atoms with Crippen molar-refractivity contribution >= 4 is 5.91 Å².